The predicted octanol–water partition coefficient (Wildman–Crippen LogP) is 1.12. The van der Waals surface area contributed by atoms with Gasteiger partial charge in [-0.2, -0.15) is 5.10 Å². The minimum atomic E-state index is -0.333. The SMILES string of the molecule is Cn1nc([C@H]2C[C@H](CNC3CCc4ccccc4C3)[C@H](O)C2)n(C)c1=O. The average molecular weight is 356 g/mol. The number of aryl methyl sites for hydroxylation is 2. The first-order chi connectivity index (χ1) is 12.5. The maximum absolute atomic E-state index is 11.9. The third-order valence-electron chi connectivity index (χ3n) is 6.20. The van der Waals surface area contributed by atoms with E-state index >= 15 is 0 Å². The van der Waals surface area contributed by atoms with E-state index in [0.29, 0.717) is 12.5 Å². The highest BCUT2D eigenvalue weighted by Crippen LogP contribution is 2.37. The van der Waals surface area contributed by atoms with Gasteiger partial charge in [0.2, 0.25) is 0 Å². The molecule has 6 heteroatoms. The highest BCUT2D eigenvalue weighted by molar-refractivity contribution is 5.30. The first-order valence-electron chi connectivity index (χ1n) is 9.61. The molecule has 6 nitrogen and oxygen atoms in total. The van der Waals surface area contributed by atoms with Crippen molar-refractivity contribution in [2.24, 2.45) is 20.0 Å². The van der Waals surface area contributed by atoms with Crippen LogP contribution in [0.25, 0.3) is 0 Å². The Morgan fingerprint density at radius 1 is 1.23 bits per heavy atom. The minimum Gasteiger partial charge on any atom is -0.393 e. The first-order valence-corrected chi connectivity index (χ1v) is 9.61. The van der Waals surface area contributed by atoms with Crippen LogP contribution in [0.4, 0.5) is 0 Å². The van der Waals surface area contributed by atoms with Crippen molar-refractivity contribution in [3.63, 3.8) is 0 Å². The van der Waals surface area contributed by atoms with Gasteiger partial charge in [0.15, 0.2) is 0 Å². The molecule has 1 saturated carbocycles. The van der Waals surface area contributed by atoms with E-state index in [1.807, 2.05) is 0 Å². The smallest absolute Gasteiger partial charge is 0.345 e. The van der Waals surface area contributed by atoms with Crippen molar-refractivity contribution in [1.29, 1.82) is 0 Å². The molecule has 0 spiro atoms. The second-order valence-corrected chi connectivity index (χ2v) is 7.94. The van der Waals surface area contributed by atoms with Gasteiger partial charge in [-0.3, -0.25) is 4.57 Å². The van der Waals surface area contributed by atoms with Crippen LogP contribution in [0.15, 0.2) is 29.1 Å². The van der Waals surface area contributed by atoms with Crippen molar-refractivity contribution >= 4 is 0 Å². The van der Waals surface area contributed by atoms with Gasteiger partial charge in [0.1, 0.15) is 5.82 Å². The van der Waals surface area contributed by atoms with Crippen LogP contribution in [0.3, 0.4) is 0 Å². The summed E-state index contributed by atoms with van der Waals surface area (Å²) >= 11 is 0. The monoisotopic (exact) mass is 356 g/mol. The number of nitrogens with one attached hydrogen (secondary N) is 1. The van der Waals surface area contributed by atoms with E-state index in [1.165, 1.54) is 15.8 Å². The van der Waals surface area contributed by atoms with Crippen molar-refractivity contribution < 1.29 is 5.11 Å². The van der Waals surface area contributed by atoms with Gasteiger partial charge in [0.05, 0.1) is 6.10 Å². The van der Waals surface area contributed by atoms with E-state index in [0.717, 1.165) is 38.1 Å². The van der Waals surface area contributed by atoms with E-state index in [4.69, 9.17) is 0 Å². The fraction of sp³-hybridized carbons (Fsp3) is 0.600. The Morgan fingerprint density at radius 3 is 2.73 bits per heavy atom. The van der Waals surface area contributed by atoms with Gasteiger partial charge in [0, 0.05) is 32.6 Å². The van der Waals surface area contributed by atoms with Crippen molar-refractivity contribution in [3.8, 4) is 0 Å². The highest BCUT2D eigenvalue weighted by atomic mass is 16.3. The fourth-order valence-electron chi connectivity index (χ4n) is 4.66. The molecule has 1 aromatic heterocycles. The molecule has 0 aliphatic heterocycles. The summed E-state index contributed by atoms with van der Waals surface area (Å²) in [6.07, 6.45) is 4.57. The minimum absolute atomic E-state index is 0.100. The van der Waals surface area contributed by atoms with Gasteiger partial charge in [0.25, 0.3) is 0 Å². The fourth-order valence-corrected chi connectivity index (χ4v) is 4.66. The molecule has 26 heavy (non-hydrogen) atoms. The lowest BCUT2D eigenvalue weighted by atomic mass is 9.88. The number of aromatic nitrogens is 3. The van der Waals surface area contributed by atoms with Crippen LogP contribution in [-0.2, 0) is 26.9 Å². The number of benzene rings is 1. The average Bonchev–Trinajstić information content (AvgIpc) is 3.14. The lowest BCUT2D eigenvalue weighted by Crippen LogP contribution is -2.39. The molecule has 1 fully saturated rings. The number of nitrogens with zero attached hydrogens (tertiary/aromatic N) is 3. The Balaban J connectivity index is 1.36. The Bertz CT molecular complexity index is 841. The van der Waals surface area contributed by atoms with Gasteiger partial charge < -0.3 is 10.4 Å². The third kappa shape index (κ3) is 3.23. The predicted molar refractivity (Wildman–Crippen MR) is 100 cm³/mol. The summed E-state index contributed by atoms with van der Waals surface area (Å²) in [6.45, 7) is 0.825. The van der Waals surface area contributed by atoms with E-state index in [-0.39, 0.29) is 23.6 Å². The van der Waals surface area contributed by atoms with Gasteiger partial charge in [-0.25, -0.2) is 9.48 Å². The summed E-state index contributed by atoms with van der Waals surface area (Å²) < 4.78 is 3.00. The van der Waals surface area contributed by atoms with Crippen LogP contribution < -0.4 is 11.0 Å². The maximum Gasteiger partial charge on any atom is 0.345 e. The van der Waals surface area contributed by atoms with Crippen LogP contribution in [-0.4, -0.2) is 38.1 Å². The molecule has 1 unspecified atom stereocenters. The Morgan fingerprint density at radius 2 is 2.00 bits per heavy atom. The number of aliphatic hydroxyl groups is 1. The van der Waals surface area contributed by atoms with Crippen molar-refractivity contribution in [3.05, 3.63) is 51.7 Å². The van der Waals surface area contributed by atoms with Crippen LogP contribution in [0.1, 0.15) is 42.1 Å². The third-order valence-corrected chi connectivity index (χ3v) is 6.20. The molecule has 4 atom stereocenters. The Hall–Kier alpha value is -1.92. The summed E-state index contributed by atoms with van der Waals surface area (Å²) in [4.78, 5) is 11.9. The molecule has 140 valence electrons. The van der Waals surface area contributed by atoms with E-state index in [1.54, 1.807) is 18.7 Å². The molecule has 2 aliphatic carbocycles. The van der Waals surface area contributed by atoms with Crippen LogP contribution in [0.2, 0.25) is 0 Å². The maximum atomic E-state index is 11.9. The Labute approximate surface area is 153 Å². The number of rotatable bonds is 4. The van der Waals surface area contributed by atoms with E-state index in [2.05, 4.69) is 34.7 Å². The molecule has 0 saturated heterocycles. The van der Waals surface area contributed by atoms with Gasteiger partial charge >= 0.3 is 5.69 Å². The van der Waals surface area contributed by atoms with Crippen molar-refractivity contribution in [1.82, 2.24) is 19.7 Å². The molecular formula is C20H28N4O2. The van der Waals surface area contributed by atoms with Gasteiger partial charge in [-0.15, -0.1) is 0 Å². The molecule has 1 heterocycles. The molecule has 2 N–H and O–H groups in total. The Kier molecular flexibility index (Phi) is 4.71. The van der Waals surface area contributed by atoms with E-state index in [9.17, 15) is 9.90 Å². The zero-order valence-corrected chi connectivity index (χ0v) is 15.6. The highest BCUT2D eigenvalue weighted by Gasteiger charge is 2.36. The summed E-state index contributed by atoms with van der Waals surface area (Å²) in [6, 6.07) is 9.17. The summed E-state index contributed by atoms with van der Waals surface area (Å²) in [5.74, 6) is 1.17. The standard InChI is InChI=1S/C20H28N4O2/c1-23-19(22-24(2)20(23)26)15-9-16(18(25)11-15)12-21-17-8-7-13-5-3-4-6-14(13)10-17/h3-6,15-18,21,25H,7-12H2,1-2H3/t15-,16+,17?,18+/m0/s1. The summed E-state index contributed by atoms with van der Waals surface area (Å²) in [5.41, 5.74) is 2.82. The molecule has 0 radical (unpaired) electrons. The molecule has 0 bridgehead atoms. The molecule has 0 amide bonds. The normalized spacial score (nSPS) is 28.3. The number of fused-ring (bicyclic) bond motifs is 1. The van der Waals surface area contributed by atoms with Crippen LogP contribution in [0.5, 0.6) is 0 Å². The topological polar surface area (TPSA) is 72.1 Å². The van der Waals surface area contributed by atoms with Crippen LogP contribution >= 0.6 is 0 Å². The molecule has 1 aromatic carbocycles. The van der Waals surface area contributed by atoms with Crippen molar-refractivity contribution in [2.45, 2.75) is 50.2 Å². The first kappa shape index (κ1) is 17.5. The quantitative estimate of drug-likeness (QED) is 0.861. The zero-order chi connectivity index (χ0) is 18.3. The number of hydrogen-bond acceptors (Lipinski definition) is 4. The number of aliphatic hydroxyl groups excluding tert-OH is 1. The summed E-state index contributed by atoms with van der Waals surface area (Å²) in [5, 5.41) is 18.6. The van der Waals surface area contributed by atoms with Gasteiger partial charge in [-0.1, -0.05) is 24.3 Å². The molecule has 2 aliphatic rings. The molecule has 4 rings (SSSR count). The molecule has 2 aromatic rings. The van der Waals surface area contributed by atoms with Crippen molar-refractivity contribution in [2.75, 3.05) is 6.54 Å². The van der Waals surface area contributed by atoms with Gasteiger partial charge in [-0.05, 0) is 49.1 Å². The lowest BCUT2D eigenvalue weighted by Gasteiger charge is -2.27. The molecular weight excluding hydrogens is 328 g/mol. The second-order valence-electron chi connectivity index (χ2n) is 7.94. The lowest BCUT2D eigenvalue weighted by molar-refractivity contribution is 0.128. The number of hydrogen-bond donors (Lipinski definition) is 2. The van der Waals surface area contributed by atoms with Crippen LogP contribution in [0, 0.1) is 5.92 Å². The largest absolute Gasteiger partial charge is 0.393 e. The second kappa shape index (κ2) is 7.00. The summed E-state index contributed by atoms with van der Waals surface area (Å²) in [7, 11) is 3.44. The zero-order valence-electron chi connectivity index (χ0n) is 15.6. The van der Waals surface area contributed by atoms with E-state index < -0.39 is 0 Å².